The second-order valence-corrected chi connectivity index (χ2v) is 12.9. The number of fused-ring (bicyclic) bond motifs is 3. The van der Waals surface area contributed by atoms with Gasteiger partial charge < -0.3 is 55.3 Å². The van der Waals surface area contributed by atoms with Crippen LogP contribution in [0.1, 0.15) is 37.8 Å². The fraction of sp³-hybridized carbons (Fsp3) is 0.545. The van der Waals surface area contributed by atoms with E-state index < -0.39 is 72.9 Å². The molecular formula is C33H45N3O11S. The van der Waals surface area contributed by atoms with E-state index in [0.717, 1.165) is 22.3 Å². The predicted octanol–water partition coefficient (Wildman–Crippen LogP) is 0.0561. The molecule has 14 nitrogen and oxygen atoms in total. The normalized spacial score (nSPS) is 23.4. The summed E-state index contributed by atoms with van der Waals surface area (Å²) < 4.78 is 22.1. The van der Waals surface area contributed by atoms with Crippen molar-refractivity contribution < 1.29 is 53.8 Å². The van der Waals surface area contributed by atoms with Gasteiger partial charge in [0.2, 0.25) is 11.8 Å². The summed E-state index contributed by atoms with van der Waals surface area (Å²) in [4.78, 5) is 39.2. The highest BCUT2D eigenvalue weighted by Crippen LogP contribution is 2.44. The van der Waals surface area contributed by atoms with E-state index in [1.165, 1.54) is 0 Å². The lowest BCUT2D eigenvalue weighted by atomic mass is 9.98. The van der Waals surface area contributed by atoms with Crippen molar-refractivity contribution in [2.24, 2.45) is 0 Å². The molecule has 0 aromatic heterocycles. The molecule has 0 bridgehead atoms. The van der Waals surface area contributed by atoms with Crippen LogP contribution in [0.3, 0.4) is 0 Å². The van der Waals surface area contributed by atoms with Gasteiger partial charge in [0.05, 0.1) is 25.4 Å². The first-order chi connectivity index (χ1) is 22.8. The Morgan fingerprint density at radius 3 is 2.10 bits per heavy atom. The van der Waals surface area contributed by atoms with Crippen molar-refractivity contribution in [1.82, 2.24) is 16.0 Å². The van der Waals surface area contributed by atoms with E-state index in [1.807, 2.05) is 48.5 Å². The summed E-state index contributed by atoms with van der Waals surface area (Å²) >= 11 is 4.20. The fourth-order valence-electron chi connectivity index (χ4n) is 5.44. The van der Waals surface area contributed by atoms with Crippen LogP contribution in [0.2, 0.25) is 0 Å². The molecule has 7 atom stereocenters. The van der Waals surface area contributed by atoms with Crippen LogP contribution in [0.15, 0.2) is 48.5 Å². The maximum absolute atomic E-state index is 13.3. The minimum absolute atomic E-state index is 0.0428. The average Bonchev–Trinajstić information content (AvgIpc) is 3.39. The third-order valence-electron chi connectivity index (χ3n) is 7.98. The van der Waals surface area contributed by atoms with Crippen LogP contribution in [-0.4, -0.2) is 125 Å². The van der Waals surface area contributed by atoms with Crippen LogP contribution in [0, 0.1) is 0 Å². The summed E-state index contributed by atoms with van der Waals surface area (Å²) in [6.07, 6.45) is -8.03. The number of hydrogen-bond acceptors (Lipinski definition) is 12. The van der Waals surface area contributed by atoms with E-state index in [-0.39, 0.29) is 38.0 Å². The number of aliphatic hydroxyl groups is 4. The zero-order chi connectivity index (χ0) is 35.0. The molecule has 0 saturated carbocycles. The SMILES string of the molecule is CC(C)(C)OC[C@H](NC(=O)OCC1c2ccccc2-c2ccccc21)C(=O)N[C@@H](CS)C(=O)NCCO[C@H]1O[C@H](CO)[C@@H](O)[C@H](O)[C@@H]1O. The zero-order valence-electron chi connectivity index (χ0n) is 27.1. The number of rotatable bonds is 14. The first-order valence-electron chi connectivity index (χ1n) is 15.7. The lowest BCUT2D eigenvalue weighted by molar-refractivity contribution is -0.300. The third-order valence-corrected chi connectivity index (χ3v) is 8.35. The molecule has 264 valence electrons. The Balaban J connectivity index is 1.30. The Kier molecular flexibility index (Phi) is 13.2. The van der Waals surface area contributed by atoms with Gasteiger partial charge in [0.25, 0.3) is 0 Å². The van der Waals surface area contributed by atoms with E-state index in [1.54, 1.807) is 20.8 Å². The molecule has 48 heavy (non-hydrogen) atoms. The van der Waals surface area contributed by atoms with Gasteiger partial charge in [-0.2, -0.15) is 12.6 Å². The summed E-state index contributed by atoms with van der Waals surface area (Å²) in [6.45, 7) is 4.37. The van der Waals surface area contributed by atoms with Crippen LogP contribution in [-0.2, 0) is 28.5 Å². The number of benzene rings is 2. The molecule has 4 rings (SSSR count). The summed E-state index contributed by atoms with van der Waals surface area (Å²) in [5.41, 5.74) is 3.60. The van der Waals surface area contributed by atoms with Crippen LogP contribution >= 0.6 is 12.6 Å². The number of nitrogens with one attached hydrogen (secondary N) is 3. The molecule has 0 unspecified atom stereocenters. The van der Waals surface area contributed by atoms with Crippen LogP contribution in [0.4, 0.5) is 4.79 Å². The van der Waals surface area contributed by atoms with Gasteiger partial charge in [-0.1, -0.05) is 48.5 Å². The highest BCUT2D eigenvalue weighted by Gasteiger charge is 2.44. The van der Waals surface area contributed by atoms with E-state index >= 15 is 0 Å². The lowest BCUT2D eigenvalue weighted by Gasteiger charge is -2.39. The Bertz CT molecular complexity index is 1360. The Hall–Kier alpha value is -3.28. The monoisotopic (exact) mass is 691 g/mol. The second kappa shape index (κ2) is 16.9. The van der Waals surface area contributed by atoms with Crippen molar-refractivity contribution in [2.45, 2.75) is 75.1 Å². The Morgan fingerprint density at radius 1 is 0.896 bits per heavy atom. The molecule has 1 saturated heterocycles. The van der Waals surface area contributed by atoms with Gasteiger partial charge >= 0.3 is 6.09 Å². The van der Waals surface area contributed by atoms with Gasteiger partial charge in [0, 0.05) is 18.2 Å². The summed E-state index contributed by atoms with van der Waals surface area (Å²) in [5.74, 6) is -1.56. The summed E-state index contributed by atoms with van der Waals surface area (Å²) in [6, 6.07) is 13.5. The topological polar surface area (TPSA) is 205 Å². The number of hydrogen-bond donors (Lipinski definition) is 8. The number of ether oxygens (including phenoxy) is 4. The quantitative estimate of drug-likeness (QED) is 0.0983. The van der Waals surface area contributed by atoms with Crippen molar-refractivity contribution in [1.29, 1.82) is 0 Å². The molecule has 7 N–H and O–H groups in total. The molecule has 1 aliphatic carbocycles. The first-order valence-corrected chi connectivity index (χ1v) is 16.3. The number of amides is 3. The van der Waals surface area contributed by atoms with Gasteiger partial charge in [0.1, 0.15) is 43.1 Å². The molecule has 1 heterocycles. The molecule has 0 spiro atoms. The molecule has 15 heteroatoms. The minimum atomic E-state index is -1.60. The van der Waals surface area contributed by atoms with Crippen LogP contribution in [0.25, 0.3) is 11.1 Å². The molecule has 0 radical (unpaired) electrons. The molecule has 2 aromatic carbocycles. The molecular weight excluding hydrogens is 646 g/mol. The summed E-state index contributed by atoms with van der Waals surface area (Å²) in [7, 11) is 0. The van der Waals surface area contributed by atoms with Crippen molar-refractivity contribution in [2.75, 3.05) is 38.7 Å². The molecule has 1 fully saturated rings. The number of aliphatic hydroxyl groups excluding tert-OH is 4. The van der Waals surface area contributed by atoms with Crippen molar-refractivity contribution in [3.63, 3.8) is 0 Å². The van der Waals surface area contributed by atoms with E-state index in [9.17, 15) is 34.8 Å². The van der Waals surface area contributed by atoms with Crippen molar-refractivity contribution in [3.8, 4) is 11.1 Å². The van der Waals surface area contributed by atoms with Crippen molar-refractivity contribution >= 4 is 30.5 Å². The van der Waals surface area contributed by atoms with Crippen LogP contribution < -0.4 is 16.0 Å². The lowest BCUT2D eigenvalue weighted by Crippen LogP contribution is -2.59. The molecule has 2 aliphatic rings. The number of alkyl carbamates (subject to hydrolysis) is 1. The van der Waals surface area contributed by atoms with Gasteiger partial charge in [-0.3, -0.25) is 9.59 Å². The van der Waals surface area contributed by atoms with E-state index in [0.29, 0.717) is 0 Å². The van der Waals surface area contributed by atoms with Crippen molar-refractivity contribution in [3.05, 3.63) is 59.7 Å². The summed E-state index contributed by atoms with van der Waals surface area (Å²) in [5, 5.41) is 46.9. The average molecular weight is 692 g/mol. The number of carbonyl (C=O) groups is 3. The van der Waals surface area contributed by atoms with Gasteiger partial charge in [-0.25, -0.2) is 4.79 Å². The van der Waals surface area contributed by atoms with Crippen LogP contribution in [0.5, 0.6) is 0 Å². The smallest absolute Gasteiger partial charge is 0.407 e. The highest BCUT2D eigenvalue weighted by molar-refractivity contribution is 7.80. The highest BCUT2D eigenvalue weighted by atomic mass is 32.1. The maximum Gasteiger partial charge on any atom is 0.407 e. The number of thiol groups is 1. The molecule has 2 aromatic rings. The third kappa shape index (κ3) is 9.45. The van der Waals surface area contributed by atoms with E-state index in [4.69, 9.17) is 18.9 Å². The minimum Gasteiger partial charge on any atom is -0.449 e. The molecule has 3 amide bonds. The van der Waals surface area contributed by atoms with Gasteiger partial charge in [-0.15, -0.1) is 0 Å². The standard InChI is InChI=1S/C33H45N3O11S/c1-33(2,3)46-16-23(36-32(43)45-15-22-20-10-6-4-8-18(20)19-9-5-7-11-21(19)22)30(42)35-24(17-48)29(41)34-12-13-44-31-28(40)27(39)26(38)25(14-37)47-31/h4-11,22-28,31,37-40,48H,12-17H2,1-3H3,(H,34,41)(H,35,42)(H,36,43)/t23-,24-,25+,26+,27-,28-,31-/m0/s1. The molecule has 1 aliphatic heterocycles. The zero-order valence-corrected chi connectivity index (χ0v) is 28.0. The second-order valence-electron chi connectivity index (χ2n) is 12.5. The van der Waals surface area contributed by atoms with E-state index in [2.05, 4.69) is 28.6 Å². The largest absolute Gasteiger partial charge is 0.449 e. The van der Waals surface area contributed by atoms with Gasteiger partial charge in [-0.05, 0) is 43.0 Å². The number of carbonyl (C=O) groups excluding carboxylic acids is 3. The first kappa shape index (κ1) is 37.5. The fourth-order valence-corrected chi connectivity index (χ4v) is 5.70. The maximum atomic E-state index is 13.3. The Morgan fingerprint density at radius 2 is 1.52 bits per heavy atom. The van der Waals surface area contributed by atoms with Gasteiger partial charge in [0.15, 0.2) is 6.29 Å². The predicted molar refractivity (Wildman–Crippen MR) is 176 cm³/mol. The Labute approximate surface area is 284 Å².